The highest BCUT2D eigenvalue weighted by Crippen LogP contribution is 2.45. The number of carbonyl (C=O) groups is 4. The predicted octanol–water partition coefficient (Wildman–Crippen LogP) is 22.4. The normalized spacial score (nSPS) is 14.4. The van der Waals surface area contributed by atoms with E-state index in [2.05, 4.69) is 55.4 Å². The number of carbonyl (C=O) groups excluding carboxylic acids is 4. The minimum atomic E-state index is -4.96. The lowest BCUT2D eigenvalue weighted by Gasteiger charge is -2.21. The Morgan fingerprint density at radius 1 is 0.292 bits per heavy atom. The molecule has 0 saturated carbocycles. The van der Waals surface area contributed by atoms with Gasteiger partial charge in [0.15, 0.2) is 12.2 Å². The van der Waals surface area contributed by atoms with E-state index in [1.165, 1.54) is 186 Å². The summed E-state index contributed by atoms with van der Waals surface area (Å²) in [5.74, 6) is 0.926. The number of aliphatic hydroxyl groups excluding tert-OH is 1. The lowest BCUT2D eigenvalue weighted by Crippen LogP contribution is -2.30. The molecule has 570 valence electrons. The van der Waals surface area contributed by atoms with Crippen molar-refractivity contribution in [2.75, 3.05) is 39.6 Å². The molecule has 0 fully saturated rings. The van der Waals surface area contributed by atoms with Crippen molar-refractivity contribution in [3.63, 3.8) is 0 Å². The lowest BCUT2D eigenvalue weighted by molar-refractivity contribution is -0.161. The van der Waals surface area contributed by atoms with Crippen LogP contribution in [0.1, 0.15) is 389 Å². The van der Waals surface area contributed by atoms with Gasteiger partial charge in [0.25, 0.3) is 0 Å². The van der Waals surface area contributed by atoms with Crippen molar-refractivity contribution in [3.05, 3.63) is 0 Å². The van der Waals surface area contributed by atoms with E-state index in [0.29, 0.717) is 31.6 Å². The minimum Gasteiger partial charge on any atom is -0.462 e. The molecule has 0 spiro atoms. The first kappa shape index (κ1) is 94.1. The Kier molecular flexibility index (Phi) is 65.0. The summed E-state index contributed by atoms with van der Waals surface area (Å²) in [6.07, 6.45) is 51.5. The highest BCUT2D eigenvalue weighted by molar-refractivity contribution is 7.47. The van der Waals surface area contributed by atoms with E-state index in [1.54, 1.807) is 0 Å². The molecule has 4 unspecified atom stereocenters. The number of unbranched alkanes of at least 4 members (excludes halogenated alkanes) is 39. The maximum atomic E-state index is 13.1. The average Bonchev–Trinajstić information content (AvgIpc) is 1.48. The molecule has 0 aromatic carbocycles. The van der Waals surface area contributed by atoms with Gasteiger partial charge in [0.05, 0.1) is 26.4 Å². The third-order valence-corrected chi connectivity index (χ3v) is 20.1. The average molecular weight is 1410 g/mol. The molecule has 0 aliphatic heterocycles. The molecule has 0 bridgehead atoms. The smallest absolute Gasteiger partial charge is 0.462 e. The zero-order valence-electron chi connectivity index (χ0n) is 63.0. The fourth-order valence-electron chi connectivity index (χ4n) is 11.7. The molecule has 0 radical (unpaired) electrons. The Morgan fingerprint density at radius 3 is 0.740 bits per heavy atom. The van der Waals surface area contributed by atoms with Crippen LogP contribution in [0.5, 0.6) is 0 Å². The monoisotopic (exact) mass is 1410 g/mol. The first-order chi connectivity index (χ1) is 46.1. The molecule has 0 saturated heterocycles. The molecule has 6 atom stereocenters. The van der Waals surface area contributed by atoms with E-state index in [1.807, 2.05) is 0 Å². The Labute approximate surface area is 588 Å². The molecule has 17 nitrogen and oxygen atoms in total. The summed E-state index contributed by atoms with van der Waals surface area (Å²) in [6, 6.07) is 0. The van der Waals surface area contributed by atoms with Crippen molar-refractivity contribution in [3.8, 4) is 0 Å². The second-order valence-electron chi connectivity index (χ2n) is 29.4. The van der Waals surface area contributed by atoms with E-state index < -0.39 is 97.5 Å². The number of esters is 4. The molecular formula is C77H150O17P2. The highest BCUT2D eigenvalue weighted by atomic mass is 31.2. The topological polar surface area (TPSA) is 237 Å². The van der Waals surface area contributed by atoms with Gasteiger partial charge >= 0.3 is 39.5 Å². The molecule has 0 heterocycles. The van der Waals surface area contributed by atoms with Crippen molar-refractivity contribution in [2.24, 2.45) is 23.7 Å². The Balaban J connectivity index is 5.17. The number of rotatable bonds is 74. The third-order valence-electron chi connectivity index (χ3n) is 18.2. The molecule has 0 rings (SSSR count). The SMILES string of the molecule is CCC(C)CCCCCCCCCCCCC(=O)O[C@H](COC(=O)CCCCCCCCCC(C)C)COP(=O)(O)OCC(O)COP(=O)(O)OC[C@@H](COC(=O)CCCCCCCCCCCCCCCCCCCCC(C)C)OC(=O)CCCCCCCCCCC(C)C. The summed E-state index contributed by atoms with van der Waals surface area (Å²) >= 11 is 0. The number of ether oxygens (including phenoxy) is 4. The maximum absolute atomic E-state index is 13.1. The van der Waals surface area contributed by atoms with Gasteiger partial charge in [-0.2, -0.15) is 0 Å². The van der Waals surface area contributed by atoms with Crippen molar-refractivity contribution >= 4 is 39.5 Å². The largest absolute Gasteiger partial charge is 0.472 e. The van der Waals surface area contributed by atoms with Gasteiger partial charge < -0.3 is 33.8 Å². The van der Waals surface area contributed by atoms with Crippen molar-refractivity contribution in [2.45, 2.75) is 408 Å². The zero-order chi connectivity index (χ0) is 71.0. The van der Waals surface area contributed by atoms with Crippen LogP contribution in [0, 0.1) is 23.7 Å². The van der Waals surface area contributed by atoms with E-state index in [9.17, 15) is 43.2 Å². The van der Waals surface area contributed by atoms with Crippen LogP contribution in [0.2, 0.25) is 0 Å². The number of hydrogen-bond acceptors (Lipinski definition) is 15. The van der Waals surface area contributed by atoms with Crippen LogP contribution in [0.25, 0.3) is 0 Å². The fourth-order valence-corrected chi connectivity index (χ4v) is 13.3. The van der Waals surface area contributed by atoms with Crippen LogP contribution in [0.15, 0.2) is 0 Å². The Bertz CT molecular complexity index is 1890. The number of phosphoric ester groups is 2. The summed E-state index contributed by atoms with van der Waals surface area (Å²) in [4.78, 5) is 72.8. The van der Waals surface area contributed by atoms with Gasteiger partial charge in [-0.25, -0.2) is 9.13 Å². The van der Waals surface area contributed by atoms with Gasteiger partial charge in [-0.3, -0.25) is 37.3 Å². The molecule has 96 heavy (non-hydrogen) atoms. The van der Waals surface area contributed by atoms with Gasteiger partial charge in [-0.1, -0.05) is 338 Å². The minimum absolute atomic E-state index is 0.104. The molecule has 0 amide bonds. The summed E-state index contributed by atoms with van der Waals surface area (Å²) in [5.41, 5.74) is 0. The number of hydrogen-bond donors (Lipinski definition) is 3. The van der Waals surface area contributed by atoms with Gasteiger partial charge in [-0.15, -0.1) is 0 Å². The number of phosphoric acid groups is 2. The fraction of sp³-hybridized carbons (Fsp3) is 0.948. The van der Waals surface area contributed by atoms with Crippen LogP contribution >= 0.6 is 15.6 Å². The second-order valence-corrected chi connectivity index (χ2v) is 32.3. The molecule has 0 aliphatic carbocycles. The lowest BCUT2D eigenvalue weighted by atomic mass is 9.99. The van der Waals surface area contributed by atoms with Gasteiger partial charge in [0.2, 0.25) is 0 Å². The maximum Gasteiger partial charge on any atom is 0.472 e. The summed E-state index contributed by atoms with van der Waals surface area (Å²) < 4.78 is 68.5. The predicted molar refractivity (Wildman–Crippen MR) is 391 cm³/mol. The molecule has 3 N–H and O–H groups in total. The first-order valence-corrected chi connectivity index (χ1v) is 42.7. The Morgan fingerprint density at radius 2 is 0.500 bits per heavy atom. The first-order valence-electron chi connectivity index (χ1n) is 39.7. The van der Waals surface area contributed by atoms with Crippen molar-refractivity contribution in [1.82, 2.24) is 0 Å². The van der Waals surface area contributed by atoms with E-state index in [4.69, 9.17) is 37.0 Å². The van der Waals surface area contributed by atoms with Crippen LogP contribution < -0.4 is 0 Å². The molecular weight excluding hydrogens is 1260 g/mol. The van der Waals surface area contributed by atoms with E-state index in [0.717, 1.165) is 114 Å². The number of aliphatic hydroxyl groups is 1. The van der Waals surface area contributed by atoms with Crippen LogP contribution in [-0.2, 0) is 65.4 Å². The van der Waals surface area contributed by atoms with Crippen molar-refractivity contribution in [1.29, 1.82) is 0 Å². The molecule has 19 heteroatoms. The quantitative estimate of drug-likeness (QED) is 0.0222. The van der Waals surface area contributed by atoms with Crippen LogP contribution in [0.3, 0.4) is 0 Å². The second kappa shape index (κ2) is 66.3. The highest BCUT2D eigenvalue weighted by Gasteiger charge is 2.30. The Hall–Kier alpha value is -1.94. The summed E-state index contributed by atoms with van der Waals surface area (Å²) in [6.45, 7) is 14.2. The van der Waals surface area contributed by atoms with Gasteiger partial charge in [0, 0.05) is 25.7 Å². The van der Waals surface area contributed by atoms with Crippen molar-refractivity contribution < 1.29 is 80.2 Å². The third kappa shape index (κ3) is 69.2. The van der Waals surface area contributed by atoms with Gasteiger partial charge in [0.1, 0.15) is 19.3 Å². The standard InChI is InChI=1S/C77H150O17P2/c1-9-70(8)56-48-40-32-23-20-21-25-34-43-51-59-76(81)93-73(64-88-75(80)58-50-42-36-28-31-39-47-55-69(6)7)66-92-96(85,86)90-62-71(78)61-89-95(83,84)91-65-72(94-77(82)60-52-44-35-27-26-30-38-46-54-68(4)5)63-87-74(79)57-49-41-33-24-19-17-15-13-11-10-12-14-16-18-22-29-37-45-53-67(2)3/h67-73,78H,9-66H2,1-8H3,(H,83,84)(H,85,86)/t70?,71?,72-,73-/m1/s1. The zero-order valence-corrected chi connectivity index (χ0v) is 64.8. The van der Waals surface area contributed by atoms with E-state index in [-0.39, 0.29) is 25.7 Å². The molecule has 0 aliphatic rings. The summed E-state index contributed by atoms with van der Waals surface area (Å²) in [7, 11) is -9.91. The van der Waals surface area contributed by atoms with Crippen LogP contribution in [-0.4, -0.2) is 96.7 Å². The van der Waals surface area contributed by atoms with E-state index >= 15 is 0 Å². The molecule has 0 aromatic rings. The molecule has 0 aromatic heterocycles. The van der Waals surface area contributed by atoms with Gasteiger partial charge in [-0.05, 0) is 49.4 Å². The van der Waals surface area contributed by atoms with Crippen LogP contribution in [0.4, 0.5) is 0 Å². The summed E-state index contributed by atoms with van der Waals surface area (Å²) in [5, 5.41) is 10.6.